The van der Waals surface area contributed by atoms with Crippen LogP contribution in [0.25, 0.3) is 0 Å². The van der Waals surface area contributed by atoms with Gasteiger partial charge in [0.05, 0.1) is 27.8 Å². The minimum absolute atomic E-state index is 0.0839. The first-order valence-electron chi connectivity index (χ1n) is 5.41. The molecule has 0 radical (unpaired) electrons. The molecule has 0 aliphatic rings. The number of esters is 1. The second-order valence-electron chi connectivity index (χ2n) is 3.72. The highest BCUT2D eigenvalue weighted by atomic mass is 35.5. The quantitative estimate of drug-likeness (QED) is 0.473. The van der Waals surface area contributed by atoms with Crippen molar-refractivity contribution < 1.29 is 27.5 Å². The minimum atomic E-state index is -4.63. The summed E-state index contributed by atoms with van der Waals surface area (Å²) in [5.41, 5.74) is -1.39. The summed E-state index contributed by atoms with van der Waals surface area (Å²) in [6.07, 6.45) is -5.27. The van der Waals surface area contributed by atoms with Crippen molar-refractivity contribution >= 4 is 35.0 Å². The third-order valence-electron chi connectivity index (χ3n) is 2.26. The van der Waals surface area contributed by atoms with Crippen LogP contribution in [0.4, 0.5) is 13.2 Å². The van der Waals surface area contributed by atoms with Gasteiger partial charge in [-0.3, -0.25) is 9.59 Å². The van der Waals surface area contributed by atoms with E-state index in [9.17, 15) is 22.8 Å². The Balaban J connectivity index is 3.08. The first kappa shape index (κ1) is 16.8. The summed E-state index contributed by atoms with van der Waals surface area (Å²) >= 11 is 11.3. The molecule has 110 valence electrons. The Kier molecular flexibility index (Phi) is 5.42. The molecule has 20 heavy (non-hydrogen) atoms. The zero-order chi connectivity index (χ0) is 15.5. The molecule has 0 spiro atoms. The molecule has 0 aliphatic heterocycles. The summed E-state index contributed by atoms with van der Waals surface area (Å²) in [6, 6.07) is 1.18. The number of hydrogen-bond donors (Lipinski definition) is 0. The molecule has 1 rings (SSSR count). The number of Topliss-reactive ketones (excluding diaryl/α,β-unsaturated/α-hetero) is 1. The van der Waals surface area contributed by atoms with Gasteiger partial charge in [-0.05, 0) is 19.1 Å². The SMILES string of the molecule is CCOC(=O)CC(=O)c1c(Cl)cc(C(F)(F)F)cc1Cl. The lowest BCUT2D eigenvalue weighted by molar-refractivity contribution is -0.142. The predicted molar refractivity (Wildman–Crippen MR) is 67.0 cm³/mol. The topological polar surface area (TPSA) is 43.4 Å². The van der Waals surface area contributed by atoms with E-state index in [1.54, 1.807) is 6.92 Å². The lowest BCUT2D eigenvalue weighted by Gasteiger charge is -2.11. The molecular weight excluding hydrogens is 320 g/mol. The van der Waals surface area contributed by atoms with E-state index in [0.29, 0.717) is 12.1 Å². The van der Waals surface area contributed by atoms with Gasteiger partial charge in [0.15, 0.2) is 5.78 Å². The van der Waals surface area contributed by atoms with Gasteiger partial charge in [0, 0.05) is 0 Å². The molecule has 3 nitrogen and oxygen atoms in total. The van der Waals surface area contributed by atoms with Crippen molar-refractivity contribution in [3.8, 4) is 0 Å². The number of carbonyl (C=O) groups excluding carboxylic acids is 2. The molecule has 0 aliphatic carbocycles. The van der Waals surface area contributed by atoms with E-state index >= 15 is 0 Å². The summed E-state index contributed by atoms with van der Waals surface area (Å²) in [5.74, 6) is -1.60. The molecule has 0 atom stereocenters. The van der Waals surface area contributed by atoms with Gasteiger partial charge < -0.3 is 4.74 Å². The van der Waals surface area contributed by atoms with Crippen LogP contribution in [-0.2, 0) is 15.7 Å². The first-order chi connectivity index (χ1) is 9.16. The highest BCUT2D eigenvalue weighted by Gasteiger charge is 2.33. The van der Waals surface area contributed by atoms with Crippen LogP contribution in [0.1, 0.15) is 29.3 Å². The fourth-order valence-corrected chi connectivity index (χ4v) is 2.13. The van der Waals surface area contributed by atoms with Crippen LogP contribution in [0.15, 0.2) is 12.1 Å². The number of carbonyl (C=O) groups is 2. The molecule has 0 bridgehead atoms. The van der Waals surface area contributed by atoms with Gasteiger partial charge >= 0.3 is 12.1 Å². The number of ketones is 1. The second-order valence-corrected chi connectivity index (χ2v) is 4.53. The van der Waals surface area contributed by atoms with E-state index in [1.165, 1.54) is 0 Å². The maximum absolute atomic E-state index is 12.5. The van der Waals surface area contributed by atoms with Crippen molar-refractivity contribution in [3.05, 3.63) is 33.3 Å². The highest BCUT2D eigenvalue weighted by Crippen LogP contribution is 2.36. The van der Waals surface area contributed by atoms with Crippen LogP contribution >= 0.6 is 23.2 Å². The molecule has 0 aromatic heterocycles. The average Bonchev–Trinajstić information content (AvgIpc) is 2.26. The summed E-state index contributed by atoms with van der Waals surface area (Å²) in [7, 11) is 0. The van der Waals surface area contributed by atoms with Gasteiger partial charge in [0.2, 0.25) is 0 Å². The molecule has 0 N–H and O–H groups in total. The Hall–Kier alpha value is -1.27. The standard InChI is InChI=1S/C12H9Cl2F3O3/c1-2-20-10(19)5-9(18)11-7(13)3-6(4-8(11)14)12(15,16)17/h3-4H,2,5H2,1H3. The van der Waals surface area contributed by atoms with Crippen LogP contribution in [0.3, 0.4) is 0 Å². The number of hydrogen-bond acceptors (Lipinski definition) is 3. The van der Waals surface area contributed by atoms with Crippen LogP contribution in [0.5, 0.6) is 0 Å². The van der Waals surface area contributed by atoms with Gasteiger partial charge in [0.1, 0.15) is 6.42 Å². The van der Waals surface area contributed by atoms with E-state index in [0.717, 1.165) is 0 Å². The van der Waals surface area contributed by atoms with Crippen molar-refractivity contribution in [1.29, 1.82) is 0 Å². The van der Waals surface area contributed by atoms with Crippen molar-refractivity contribution in [3.63, 3.8) is 0 Å². The Labute approximate surface area is 122 Å². The van der Waals surface area contributed by atoms with E-state index in [2.05, 4.69) is 4.74 Å². The highest BCUT2D eigenvalue weighted by molar-refractivity contribution is 6.40. The molecule has 0 saturated heterocycles. The van der Waals surface area contributed by atoms with Crippen molar-refractivity contribution in [2.75, 3.05) is 6.61 Å². The molecule has 1 aromatic rings. The average molecular weight is 329 g/mol. The lowest BCUT2D eigenvalue weighted by Crippen LogP contribution is -2.13. The lowest BCUT2D eigenvalue weighted by atomic mass is 10.1. The molecule has 8 heteroatoms. The number of benzene rings is 1. The number of ether oxygens (including phenoxy) is 1. The molecule has 0 amide bonds. The fourth-order valence-electron chi connectivity index (χ4n) is 1.43. The van der Waals surface area contributed by atoms with Crippen LogP contribution in [-0.4, -0.2) is 18.4 Å². The van der Waals surface area contributed by atoms with Crippen LogP contribution < -0.4 is 0 Å². The van der Waals surface area contributed by atoms with Gasteiger partial charge in [-0.1, -0.05) is 23.2 Å². The van der Waals surface area contributed by atoms with Crippen LogP contribution in [0.2, 0.25) is 10.0 Å². The first-order valence-corrected chi connectivity index (χ1v) is 6.17. The number of halogens is 5. The second kappa shape index (κ2) is 6.45. The third kappa shape index (κ3) is 4.11. The third-order valence-corrected chi connectivity index (χ3v) is 2.85. The summed E-state index contributed by atoms with van der Waals surface area (Å²) in [6.45, 7) is 1.64. The summed E-state index contributed by atoms with van der Waals surface area (Å²) in [5, 5.41) is -0.918. The van der Waals surface area contributed by atoms with Crippen molar-refractivity contribution in [2.24, 2.45) is 0 Å². The smallest absolute Gasteiger partial charge is 0.416 e. The van der Waals surface area contributed by atoms with Gasteiger partial charge in [-0.2, -0.15) is 13.2 Å². The van der Waals surface area contributed by atoms with Crippen molar-refractivity contribution in [1.82, 2.24) is 0 Å². The molecule has 0 heterocycles. The van der Waals surface area contributed by atoms with E-state index < -0.39 is 40.0 Å². The van der Waals surface area contributed by atoms with Crippen molar-refractivity contribution in [2.45, 2.75) is 19.5 Å². The molecule has 0 unspecified atom stereocenters. The van der Waals surface area contributed by atoms with Gasteiger partial charge in [-0.25, -0.2) is 0 Å². The number of alkyl halides is 3. The zero-order valence-electron chi connectivity index (χ0n) is 10.2. The Morgan fingerprint density at radius 3 is 2.10 bits per heavy atom. The van der Waals surface area contributed by atoms with E-state index in [1.807, 2.05) is 0 Å². The maximum atomic E-state index is 12.5. The predicted octanol–water partition coefficient (Wildman–Crippen LogP) is 4.15. The minimum Gasteiger partial charge on any atom is -0.466 e. The summed E-state index contributed by atoms with van der Waals surface area (Å²) < 4.78 is 42.1. The molecular formula is C12H9Cl2F3O3. The summed E-state index contributed by atoms with van der Waals surface area (Å²) in [4.78, 5) is 22.9. The largest absolute Gasteiger partial charge is 0.466 e. The monoisotopic (exact) mass is 328 g/mol. The number of rotatable bonds is 4. The Morgan fingerprint density at radius 2 is 1.70 bits per heavy atom. The van der Waals surface area contributed by atoms with E-state index in [-0.39, 0.29) is 12.2 Å². The zero-order valence-corrected chi connectivity index (χ0v) is 11.7. The maximum Gasteiger partial charge on any atom is 0.416 e. The normalized spacial score (nSPS) is 11.3. The van der Waals surface area contributed by atoms with Gasteiger partial charge in [0.25, 0.3) is 0 Å². The Bertz CT molecular complexity index is 518. The Morgan fingerprint density at radius 1 is 1.20 bits per heavy atom. The van der Waals surface area contributed by atoms with Gasteiger partial charge in [-0.15, -0.1) is 0 Å². The van der Waals surface area contributed by atoms with Crippen LogP contribution in [0, 0.1) is 0 Å². The molecule has 0 saturated carbocycles. The molecule has 1 aromatic carbocycles. The fraction of sp³-hybridized carbons (Fsp3) is 0.333. The van der Waals surface area contributed by atoms with E-state index in [4.69, 9.17) is 23.2 Å². The molecule has 0 fully saturated rings.